The lowest BCUT2D eigenvalue weighted by atomic mass is 9.74. The zero-order chi connectivity index (χ0) is 12.7. The summed E-state index contributed by atoms with van der Waals surface area (Å²) in [5.74, 6) is 0.201. The molecule has 2 nitrogen and oxygen atoms in total. The topological polar surface area (TPSA) is 26.3 Å². The van der Waals surface area contributed by atoms with E-state index in [1.165, 1.54) is 5.56 Å². The minimum atomic E-state index is -0.379. The molecule has 1 aliphatic heterocycles. The van der Waals surface area contributed by atoms with Crippen LogP contribution in [-0.2, 0) is 20.4 Å². The molecule has 1 aromatic rings. The van der Waals surface area contributed by atoms with E-state index in [0.29, 0.717) is 13.2 Å². The molecule has 0 amide bonds. The van der Waals surface area contributed by atoms with Crippen LogP contribution in [0.1, 0.15) is 38.8 Å². The Bertz CT molecular complexity index is 419. The first-order valence-electron chi connectivity index (χ1n) is 6.06. The fourth-order valence-corrected chi connectivity index (χ4v) is 2.17. The van der Waals surface area contributed by atoms with Gasteiger partial charge in [-0.2, -0.15) is 0 Å². The first-order chi connectivity index (χ1) is 7.86. The largest absolute Gasteiger partial charge is 0.378 e. The average molecular weight is 232 g/mol. The zero-order valence-electron chi connectivity index (χ0n) is 11.0. The van der Waals surface area contributed by atoms with Gasteiger partial charge in [0.05, 0.1) is 13.2 Å². The lowest BCUT2D eigenvalue weighted by Gasteiger charge is -2.39. The first kappa shape index (κ1) is 12.3. The molecule has 0 aromatic heterocycles. The van der Waals surface area contributed by atoms with Gasteiger partial charge in [-0.25, -0.2) is 0 Å². The summed E-state index contributed by atoms with van der Waals surface area (Å²) in [6.45, 7) is 9.27. The predicted octanol–water partition coefficient (Wildman–Crippen LogP) is 2.84. The molecule has 0 bridgehead atoms. The monoisotopic (exact) mass is 232 g/mol. The second-order valence-corrected chi connectivity index (χ2v) is 5.96. The van der Waals surface area contributed by atoms with Crippen molar-refractivity contribution in [3.05, 3.63) is 35.4 Å². The van der Waals surface area contributed by atoms with Crippen LogP contribution in [0.3, 0.4) is 0 Å². The molecule has 0 spiro atoms. The van der Waals surface area contributed by atoms with Gasteiger partial charge in [-0.1, -0.05) is 45.0 Å². The smallest absolute Gasteiger partial charge is 0.145 e. The fraction of sp³-hybridized carbons (Fsp3) is 0.533. The van der Waals surface area contributed by atoms with Crippen LogP contribution >= 0.6 is 0 Å². The van der Waals surface area contributed by atoms with E-state index in [9.17, 15) is 4.79 Å². The minimum Gasteiger partial charge on any atom is -0.378 e. The maximum atomic E-state index is 11.8. The van der Waals surface area contributed by atoms with Gasteiger partial charge in [0.2, 0.25) is 0 Å². The summed E-state index contributed by atoms with van der Waals surface area (Å²) in [4.78, 5) is 11.8. The summed E-state index contributed by atoms with van der Waals surface area (Å²) >= 11 is 0. The van der Waals surface area contributed by atoms with Gasteiger partial charge in [-0.15, -0.1) is 0 Å². The Morgan fingerprint density at radius 2 is 1.71 bits per heavy atom. The van der Waals surface area contributed by atoms with Crippen molar-refractivity contribution in [2.24, 2.45) is 0 Å². The van der Waals surface area contributed by atoms with E-state index in [1.54, 1.807) is 6.92 Å². The molecule has 0 radical (unpaired) electrons. The molecule has 0 atom stereocenters. The number of ether oxygens (including phenoxy) is 1. The van der Waals surface area contributed by atoms with Crippen LogP contribution in [0.2, 0.25) is 0 Å². The van der Waals surface area contributed by atoms with Crippen molar-refractivity contribution in [3.8, 4) is 0 Å². The number of Topliss-reactive ketones (excluding diaryl/α,β-unsaturated/α-hetero) is 1. The number of carbonyl (C=O) groups excluding carboxylic acids is 1. The Hall–Kier alpha value is -1.15. The van der Waals surface area contributed by atoms with Gasteiger partial charge in [0.25, 0.3) is 0 Å². The number of ketones is 1. The van der Waals surface area contributed by atoms with Crippen molar-refractivity contribution >= 4 is 5.78 Å². The van der Waals surface area contributed by atoms with Crippen LogP contribution in [0.4, 0.5) is 0 Å². The average Bonchev–Trinajstić information content (AvgIpc) is 2.14. The summed E-state index contributed by atoms with van der Waals surface area (Å²) < 4.78 is 5.23. The molecule has 2 heteroatoms. The van der Waals surface area contributed by atoms with E-state index in [-0.39, 0.29) is 16.6 Å². The number of benzene rings is 1. The first-order valence-corrected chi connectivity index (χ1v) is 6.06. The van der Waals surface area contributed by atoms with Crippen LogP contribution in [0, 0.1) is 0 Å². The van der Waals surface area contributed by atoms with E-state index >= 15 is 0 Å². The summed E-state index contributed by atoms with van der Waals surface area (Å²) in [5, 5.41) is 0. The van der Waals surface area contributed by atoms with Crippen LogP contribution in [-0.4, -0.2) is 19.0 Å². The zero-order valence-corrected chi connectivity index (χ0v) is 11.0. The molecule has 1 aromatic carbocycles. The fourth-order valence-electron chi connectivity index (χ4n) is 2.17. The Morgan fingerprint density at radius 1 is 1.18 bits per heavy atom. The Labute approximate surface area is 103 Å². The lowest BCUT2D eigenvalue weighted by molar-refractivity contribution is -0.140. The molecule has 2 rings (SSSR count). The molecule has 0 saturated carbocycles. The third-order valence-electron chi connectivity index (χ3n) is 3.67. The van der Waals surface area contributed by atoms with Crippen molar-refractivity contribution in [1.29, 1.82) is 0 Å². The SMILES string of the molecule is CC(=O)C1(c2ccc(C(C)(C)C)cc2)COC1. The molecule has 0 unspecified atom stereocenters. The van der Waals surface area contributed by atoms with Crippen molar-refractivity contribution in [3.63, 3.8) is 0 Å². The normalized spacial score (nSPS) is 18.6. The third kappa shape index (κ3) is 2.02. The predicted molar refractivity (Wildman–Crippen MR) is 68.3 cm³/mol. The molecular formula is C15H20O2. The van der Waals surface area contributed by atoms with Gasteiger partial charge < -0.3 is 4.74 Å². The van der Waals surface area contributed by atoms with E-state index < -0.39 is 0 Å². The number of hydrogen-bond donors (Lipinski definition) is 0. The van der Waals surface area contributed by atoms with Gasteiger partial charge in [0, 0.05) is 0 Å². The minimum absolute atomic E-state index is 0.151. The van der Waals surface area contributed by atoms with Gasteiger partial charge in [0.15, 0.2) is 0 Å². The molecule has 1 fully saturated rings. The molecule has 0 N–H and O–H groups in total. The molecule has 1 saturated heterocycles. The maximum Gasteiger partial charge on any atom is 0.145 e. The summed E-state index contributed by atoms with van der Waals surface area (Å²) in [5.41, 5.74) is 2.15. The number of carbonyl (C=O) groups is 1. The Balaban J connectivity index is 2.32. The van der Waals surface area contributed by atoms with Gasteiger partial charge in [-0.05, 0) is 23.5 Å². The standard InChI is InChI=1S/C15H20O2/c1-11(16)15(9-17-10-15)13-7-5-12(6-8-13)14(2,3)4/h5-8H,9-10H2,1-4H3. The van der Waals surface area contributed by atoms with Crippen LogP contribution < -0.4 is 0 Å². The van der Waals surface area contributed by atoms with Gasteiger partial charge in [-0.3, -0.25) is 4.79 Å². The van der Waals surface area contributed by atoms with Crippen molar-refractivity contribution in [2.75, 3.05) is 13.2 Å². The highest BCUT2D eigenvalue weighted by Crippen LogP contribution is 2.34. The molecule has 1 heterocycles. The van der Waals surface area contributed by atoms with E-state index in [0.717, 1.165) is 5.56 Å². The quantitative estimate of drug-likeness (QED) is 0.783. The summed E-state index contributed by atoms with van der Waals surface area (Å²) in [6, 6.07) is 8.39. The highest BCUT2D eigenvalue weighted by atomic mass is 16.5. The van der Waals surface area contributed by atoms with E-state index in [1.807, 2.05) is 0 Å². The summed E-state index contributed by atoms with van der Waals surface area (Å²) in [6.07, 6.45) is 0. The third-order valence-corrected chi connectivity index (χ3v) is 3.67. The number of rotatable bonds is 2. The van der Waals surface area contributed by atoms with Gasteiger partial charge in [0.1, 0.15) is 11.2 Å². The summed E-state index contributed by atoms with van der Waals surface area (Å²) in [7, 11) is 0. The van der Waals surface area contributed by atoms with Crippen LogP contribution in [0.5, 0.6) is 0 Å². The van der Waals surface area contributed by atoms with Crippen LogP contribution in [0.25, 0.3) is 0 Å². The molecule has 17 heavy (non-hydrogen) atoms. The van der Waals surface area contributed by atoms with Crippen LogP contribution in [0.15, 0.2) is 24.3 Å². The molecule has 0 aliphatic carbocycles. The Kier molecular flexibility index (Phi) is 2.86. The Morgan fingerprint density at radius 3 is 2.00 bits per heavy atom. The van der Waals surface area contributed by atoms with Crippen molar-refractivity contribution in [1.82, 2.24) is 0 Å². The van der Waals surface area contributed by atoms with Gasteiger partial charge >= 0.3 is 0 Å². The maximum absolute atomic E-state index is 11.8. The van der Waals surface area contributed by atoms with Crippen molar-refractivity contribution in [2.45, 2.75) is 38.5 Å². The molecular weight excluding hydrogens is 212 g/mol. The van der Waals surface area contributed by atoms with Crippen molar-refractivity contribution < 1.29 is 9.53 Å². The van der Waals surface area contributed by atoms with E-state index in [2.05, 4.69) is 45.0 Å². The second kappa shape index (κ2) is 3.95. The molecule has 1 aliphatic rings. The second-order valence-electron chi connectivity index (χ2n) is 5.96. The van der Waals surface area contributed by atoms with E-state index in [4.69, 9.17) is 4.74 Å². The molecule has 92 valence electrons. The lowest BCUT2D eigenvalue weighted by Crippen LogP contribution is -2.52. The highest BCUT2D eigenvalue weighted by Gasteiger charge is 2.44. The highest BCUT2D eigenvalue weighted by molar-refractivity contribution is 5.89. The number of hydrogen-bond acceptors (Lipinski definition) is 2.